The largest absolute Gasteiger partial charge is 0.339 e. The molecule has 0 spiro atoms. The highest BCUT2D eigenvalue weighted by molar-refractivity contribution is 7.99. The fourth-order valence-electron chi connectivity index (χ4n) is 2.29. The van der Waals surface area contributed by atoms with Crippen molar-refractivity contribution in [1.29, 1.82) is 0 Å². The van der Waals surface area contributed by atoms with Crippen LogP contribution in [0.1, 0.15) is 0 Å². The van der Waals surface area contributed by atoms with Gasteiger partial charge in [0, 0.05) is 31.2 Å². The molecule has 7 nitrogen and oxygen atoms in total. The van der Waals surface area contributed by atoms with Crippen molar-refractivity contribution in [2.24, 2.45) is 0 Å². The highest BCUT2D eigenvalue weighted by atomic mass is 35.5. The van der Waals surface area contributed by atoms with Crippen LogP contribution in [0.25, 0.3) is 5.69 Å². The zero-order valence-corrected chi connectivity index (χ0v) is 14.3. The van der Waals surface area contributed by atoms with E-state index in [4.69, 9.17) is 11.6 Å². The Morgan fingerprint density at radius 2 is 1.91 bits per heavy atom. The molecule has 0 radical (unpaired) electrons. The number of thioether (sulfide) groups is 1. The standard InChI is InChI=1S/C14H17ClN6OS/c1-19-6-8-20(9-7-19)13(22)10-23-14-16-17-18-21(14)12-4-2-11(15)3-5-12/h2-5H,6-10H2,1H3. The van der Waals surface area contributed by atoms with Crippen molar-refractivity contribution in [1.82, 2.24) is 30.0 Å². The van der Waals surface area contributed by atoms with Crippen molar-refractivity contribution in [3.05, 3.63) is 29.3 Å². The minimum absolute atomic E-state index is 0.119. The highest BCUT2D eigenvalue weighted by Crippen LogP contribution is 2.20. The third-order valence-electron chi connectivity index (χ3n) is 3.69. The molecular weight excluding hydrogens is 336 g/mol. The van der Waals surface area contributed by atoms with E-state index in [2.05, 4.69) is 27.5 Å². The minimum Gasteiger partial charge on any atom is -0.339 e. The zero-order chi connectivity index (χ0) is 16.2. The molecule has 9 heteroatoms. The molecule has 1 amide bonds. The molecule has 0 unspecified atom stereocenters. The Balaban J connectivity index is 1.62. The van der Waals surface area contributed by atoms with Crippen LogP contribution in [0.15, 0.2) is 29.4 Å². The van der Waals surface area contributed by atoms with Crippen LogP contribution in [0.3, 0.4) is 0 Å². The molecule has 1 fully saturated rings. The Hall–Kier alpha value is -1.64. The average Bonchev–Trinajstić information content (AvgIpc) is 3.02. The molecule has 2 heterocycles. The third kappa shape index (κ3) is 4.01. The molecule has 1 aliphatic rings. The fraction of sp³-hybridized carbons (Fsp3) is 0.429. The number of benzene rings is 1. The van der Waals surface area contributed by atoms with Gasteiger partial charge in [0.25, 0.3) is 0 Å². The topological polar surface area (TPSA) is 67.2 Å². The molecule has 3 rings (SSSR count). The van der Waals surface area contributed by atoms with E-state index in [-0.39, 0.29) is 5.91 Å². The van der Waals surface area contributed by atoms with Gasteiger partial charge in [-0.05, 0) is 41.7 Å². The third-order valence-corrected chi connectivity index (χ3v) is 4.85. The van der Waals surface area contributed by atoms with Crippen molar-refractivity contribution >= 4 is 29.3 Å². The smallest absolute Gasteiger partial charge is 0.233 e. The molecule has 0 N–H and O–H groups in total. The molecule has 0 aliphatic carbocycles. The van der Waals surface area contributed by atoms with Crippen LogP contribution in [0.4, 0.5) is 0 Å². The summed E-state index contributed by atoms with van der Waals surface area (Å²) in [5.41, 5.74) is 0.814. The first kappa shape index (κ1) is 16.2. The van der Waals surface area contributed by atoms with E-state index in [1.807, 2.05) is 17.0 Å². The number of amides is 1. The maximum atomic E-state index is 12.3. The first-order valence-corrected chi connectivity index (χ1v) is 8.63. The first-order chi connectivity index (χ1) is 11.1. The fourth-order valence-corrected chi connectivity index (χ4v) is 3.21. The molecule has 2 aromatic rings. The van der Waals surface area contributed by atoms with E-state index < -0.39 is 0 Å². The number of halogens is 1. The van der Waals surface area contributed by atoms with E-state index >= 15 is 0 Å². The number of piperazine rings is 1. The summed E-state index contributed by atoms with van der Waals surface area (Å²) in [6.07, 6.45) is 0. The van der Waals surface area contributed by atoms with Gasteiger partial charge in [-0.15, -0.1) is 5.10 Å². The summed E-state index contributed by atoms with van der Waals surface area (Å²) >= 11 is 7.24. The lowest BCUT2D eigenvalue weighted by atomic mass is 10.3. The van der Waals surface area contributed by atoms with Crippen LogP contribution < -0.4 is 0 Å². The van der Waals surface area contributed by atoms with E-state index in [1.165, 1.54) is 11.8 Å². The van der Waals surface area contributed by atoms with Crippen molar-refractivity contribution in [2.45, 2.75) is 5.16 Å². The first-order valence-electron chi connectivity index (χ1n) is 7.27. The van der Waals surface area contributed by atoms with Gasteiger partial charge in [-0.25, -0.2) is 0 Å². The molecule has 0 bridgehead atoms. The Kier molecular flexibility index (Phi) is 5.14. The van der Waals surface area contributed by atoms with E-state index in [0.717, 1.165) is 31.9 Å². The maximum Gasteiger partial charge on any atom is 0.233 e. The molecule has 1 saturated heterocycles. The predicted octanol–water partition coefficient (Wildman–Crippen LogP) is 1.18. The summed E-state index contributed by atoms with van der Waals surface area (Å²) in [7, 11) is 2.07. The molecule has 122 valence electrons. The predicted molar refractivity (Wildman–Crippen MR) is 89.0 cm³/mol. The second-order valence-electron chi connectivity index (χ2n) is 5.32. The number of nitrogens with zero attached hydrogens (tertiary/aromatic N) is 6. The summed E-state index contributed by atoms with van der Waals surface area (Å²) in [6.45, 7) is 3.38. The molecular formula is C14H17ClN6OS. The number of likely N-dealkylation sites (N-methyl/N-ethyl adjacent to an activating group) is 1. The van der Waals surface area contributed by atoms with Crippen LogP contribution in [0.5, 0.6) is 0 Å². The second kappa shape index (κ2) is 7.29. The van der Waals surface area contributed by atoms with Gasteiger partial charge in [-0.1, -0.05) is 23.4 Å². The van der Waals surface area contributed by atoms with Gasteiger partial charge in [-0.2, -0.15) is 4.68 Å². The van der Waals surface area contributed by atoms with Crippen LogP contribution in [0, 0.1) is 0 Å². The lowest BCUT2D eigenvalue weighted by Crippen LogP contribution is -2.47. The van der Waals surface area contributed by atoms with Crippen molar-refractivity contribution in [2.75, 3.05) is 39.0 Å². The number of aromatic nitrogens is 4. The zero-order valence-electron chi connectivity index (χ0n) is 12.7. The Morgan fingerprint density at radius 3 is 2.61 bits per heavy atom. The van der Waals surface area contributed by atoms with E-state index in [1.54, 1.807) is 16.8 Å². The lowest BCUT2D eigenvalue weighted by molar-refractivity contribution is -0.129. The minimum atomic E-state index is 0.119. The number of hydrogen-bond donors (Lipinski definition) is 0. The van der Waals surface area contributed by atoms with Crippen molar-refractivity contribution in [3.8, 4) is 5.69 Å². The number of rotatable bonds is 4. The average molecular weight is 353 g/mol. The van der Waals surface area contributed by atoms with Gasteiger partial charge in [0.05, 0.1) is 11.4 Å². The van der Waals surface area contributed by atoms with Crippen molar-refractivity contribution in [3.63, 3.8) is 0 Å². The van der Waals surface area contributed by atoms with Gasteiger partial charge in [-0.3, -0.25) is 4.79 Å². The van der Waals surface area contributed by atoms with Gasteiger partial charge in [0.2, 0.25) is 11.1 Å². The lowest BCUT2D eigenvalue weighted by Gasteiger charge is -2.32. The molecule has 0 saturated carbocycles. The number of tetrazole rings is 1. The van der Waals surface area contributed by atoms with Crippen molar-refractivity contribution < 1.29 is 4.79 Å². The summed E-state index contributed by atoms with van der Waals surface area (Å²) in [4.78, 5) is 16.4. The maximum absolute atomic E-state index is 12.3. The summed E-state index contributed by atoms with van der Waals surface area (Å²) in [6, 6.07) is 7.24. The number of carbonyl (C=O) groups excluding carboxylic acids is 1. The van der Waals surface area contributed by atoms with Crippen LogP contribution in [0.2, 0.25) is 5.02 Å². The second-order valence-corrected chi connectivity index (χ2v) is 6.70. The van der Waals surface area contributed by atoms with Crippen LogP contribution >= 0.6 is 23.4 Å². The molecule has 23 heavy (non-hydrogen) atoms. The normalized spacial score (nSPS) is 15.8. The van der Waals surface area contributed by atoms with E-state index in [0.29, 0.717) is 15.9 Å². The van der Waals surface area contributed by atoms with Crippen LogP contribution in [-0.4, -0.2) is 74.9 Å². The van der Waals surface area contributed by atoms with Gasteiger partial charge in [0.1, 0.15) is 0 Å². The molecule has 1 aromatic heterocycles. The summed E-state index contributed by atoms with van der Waals surface area (Å²) in [5, 5.41) is 12.9. The Labute approximate surface area is 143 Å². The number of hydrogen-bond acceptors (Lipinski definition) is 6. The monoisotopic (exact) mass is 352 g/mol. The van der Waals surface area contributed by atoms with Crippen LogP contribution in [-0.2, 0) is 4.79 Å². The highest BCUT2D eigenvalue weighted by Gasteiger charge is 2.20. The Bertz CT molecular complexity index is 668. The van der Waals surface area contributed by atoms with Gasteiger partial charge >= 0.3 is 0 Å². The number of carbonyl (C=O) groups is 1. The molecule has 0 atom stereocenters. The van der Waals surface area contributed by atoms with Gasteiger partial charge < -0.3 is 9.80 Å². The summed E-state index contributed by atoms with van der Waals surface area (Å²) in [5.74, 6) is 0.450. The molecule has 1 aliphatic heterocycles. The van der Waals surface area contributed by atoms with E-state index in [9.17, 15) is 4.79 Å². The SMILES string of the molecule is CN1CCN(C(=O)CSc2nnnn2-c2ccc(Cl)cc2)CC1. The quantitative estimate of drug-likeness (QED) is 0.770. The van der Waals surface area contributed by atoms with Gasteiger partial charge in [0.15, 0.2) is 0 Å². The summed E-state index contributed by atoms with van der Waals surface area (Å²) < 4.78 is 1.61. The molecule has 1 aromatic carbocycles. The Morgan fingerprint density at radius 1 is 1.22 bits per heavy atom.